The molecule has 0 radical (unpaired) electrons. The molecule has 8 nitrogen and oxygen atoms in total. The van der Waals surface area contributed by atoms with Crippen LogP contribution in [-0.2, 0) is 10.9 Å². The number of rotatable bonds is 8. The number of aliphatic hydroxyl groups excluding tert-OH is 1. The van der Waals surface area contributed by atoms with E-state index in [0.29, 0.717) is 0 Å². The average Bonchev–Trinajstić information content (AvgIpc) is 3.14. The normalized spacial score (nSPS) is 29.8. The Morgan fingerprint density at radius 2 is 1.88 bits per heavy atom. The van der Waals surface area contributed by atoms with Crippen LogP contribution in [0.2, 0.25) is 8.87 Å². The molecular formula is C17H29N3O5Sn. The van der Waals surface area contributed by atoms with E-state index in [9.17, 15) is 9.90 Å². The topological polar surface area (TPSA) is 109 Å². The molecule has 0 spiro atoms. The van der Waals surface area contributed by atoms with Gasteiger partial charge >= 0.3 is 159 Å². The molecule has 9 heteroatoms. The minimum atomic E-state index is -3.26. The number of ether oxygens (including phenoxy) is 1. The first-order chi connectivity index (χ1) is 12.5. The first-order valence-electron chi connectivity index (χ1n) is 9.50. The quantitative estimate of drug-likeness (QED) is 0.551. The Kier molecular flexibility index (Phi) is 6.60. The Hall–Kier alpha value is -0.681. The van der Waals surface area contributed by atoms with Crippen molar-refractivity contribution in [2.75, 3.05) is 12.3 Å². The Labute approximate surface area is 158 Å². The zero-order valence-corrected chi connectivity index (χ0v) is 18.3. The number of aromatic nitrogens is 2. The van der Waals surface area contributed by atoms with Crippen LogP contribution in [0.15, 0.2) is 17.1 Å². The molecule has 1 aromatic rings. The van der Waals surface area contributed by atoms with Crippen molar-refractivity contribution >= 4 is 25.0 Å². The fourth-order valence-electron chi connectivity index (χ4n) is 3.74. The molecule has 0 saturated carbocycles. The van der Waals surface area contributed by atoms with Crippen molar-refractivity contribution in [3.8, 4) is 0 Å². The van der Waals surface area contributed by atoms with Crippen LogP contribution in [0.3, 0.4) is 0 Å². The van der Waals surface area contributed by atoms with E-state index in [-0.39, 0.29) is 24.6 Å². The van der Waals surface area contributed by atoms with Gasteiger partial charge in [-0.3, -0.25) is 0 Å². The number of nitrogens with two attached hydrogens (primary N) is 1. The van der Waals surface area contributed by atoms with E-state index < -0.39 is 37.2 Å². The number of hydrogen-bond donors (Lipinski definition) is 2. The van der Waals surface area contributed by atoms with Gasteiger partial charge in [0.2, 0.25) is 0 Å². The molecule has 3 rings (SSSR count). The van der Waals surface area contributed by atoms with Crippen LogP contribution >= 0.6 is 0 Å². The van der Waals surface area contributed by atoms with Crippen LogP contribution in [0.25, 0.3) is 0 Å². The predicted molar refractivity (Wildman–Crippen MR) is 98.8 cm³/mol. The van der Waals surface area contributed by atoms with Crippen molar-refractivity contribution in [3.63, 3.8) is 0 Å². The van der Waals surface area contributed by atoms with Crippen LogP contribution in [0.5, 0.6) is 0 Å². The fourth-order valence-corrected chi connectivity index (χ4v) is 15.4. The van der Waals surface area contributed by atoms with Gasteiger partial charge in [0, 0.05) is 0 Å². The predicted octanol–water partition coefficient (Wildman–Crippen LogP) is 1.54. The van der Waals surface area contributed by atoms with E-state index in [1.165, 1.54) is 4.57 Å². The summed E-state index contributed by atoms with van der Waals surface area (Å²) < 4.78 is 22.4. The first kappa shape index (κ1) is 20.1. The van der Waals surface area contributed by atoms with Crippen molar-refractivity contribution in [3.05, 3.63) is 22.7 Å². The van der Waals surface area contributed by atoms with Gasteiger partial charge in [0.05, 0.1) is 0 Å². The van der Waals surface area contributed by atoms with Gasteiger partial charge in [0.15, 0.2) is 0 Å². The standard InChI is InChI=1S/C9H11N3O5.2C4H9.Sn/c10-5-1-2-12(9(16)11-5)8-7(15)6(14)4(3-13)17-8;2*1-3-4-2;/h1-2,4,6-8,13H,3H2,(H2,10,11,16);2*1,3-4H2,2H3;/q-2;;;+2/t4-,6+,7+,8+;;;/m0.../s1. The van der Waals surface area contributed by atoms with Crippen LogP contribution in [0.4, 0.5) is 5.82 Å². The van der Waals surface area contributed by atoms with Crippen LogP contribution in [0, 0.1) is 0 Å². The molecule has 26 heavy (non-hydrogen) atoms. The molecule has 4 atom stereocenters. The van der Waals surface area contributed by atoms with Crippen molar-refractivity contribution in [1.29, 1.82) is 0 Å². The Morgan fingerprint density at radius 3 is 2.46 bits per heavy atom. The van der Waals surface area contributed by atoms with E-state index in [2.05, 4.69) is 18.8 Å². The SMILES string of the molecule is CCC[CH2][Sn]1([CH2]CCC)[O][C@@H]2[C@H]([O]1)[C@H](CO)O[C@H]2n1ccc(N)nc1=O. The minimum absolute atomic E-state index is 0.165. The third kappa shape index (κ3) is 3.94. The number of nitrogen functional groups attached to an aromatic ring is 1. The van der Waals surface area contributed by atoms with Gasteiger partial charge in [0.1, 0.15) is 0 Å². The molecule has 0 aliphatic carbocycles. The zero-order valence-electron chi connectivity index (χ0n) is 15.5. The summed E-state index contributed by atoms with van der Waals surface area (Å²) in [5, 5.41) is 9.75. The second kappa shape index (κ2) is 8.55. The molecule has 2 fully saturated rings. The molecule has 146 valence electrons. The number of aliphatic hydroxyl groups is 1. The molecule has 3 N–H and O–H groups in total. The number of unbranched alkanes of at least 4 members (excludes halogenated alkanes) is 2. The van der Waals surface area contributed by atoms with Crippen LogP contribution in [0.1, 0.15) is 45.8 Å². The molecular weight excluding hydrogens is 445 g/mol. The van der Waals surface area contributed by atoms with Crippen molar-refractivity contribution in [1.82, 2.24) is 9.55 Å². The second-order valence-corrected chi connectivity index (χ2v) is 16.5. The molecule has 1 aromatic heterocycles. The van der Waals surface area contributed by atoms with Crippen molar-refractivity contribution in [2.24, 2.45) is 0 Å². The van der Waals surface area contributed by atoms with Crippen molar-refractivity contribution < 1.29 is 16.0 Å². The Balaban J connectivity index is 1.88. The summed E-state index contributed by atoms with van der Waals surface area (Å²) in [6, 6.07) is 1.56. The fraction of sp³-hybridized carbons (Fsp3) is 0.765. The Morgan fingerprint density at radius 1 is 1.23 bits per heavy atom. The third-order valence-corrected chi connectivity index (χ3v) is 15.5. The van der Waals surface area contributed by atoms with E-state index in [0.717, 1.165) is 34.6 Å². The number of anilines is 1. The first-order valence-corrected chi connectivity index (χ1v) is 15.9. The summed E-state index contributed by atoms with van der Waals surface area (Å²) in [5.41, 5.74) is 5.11. The molecule has 0 unspecified atom stereocenters. The van der Waals surface area contributed by atoms with E-state index in [1.54, 1.807) is 12.3 Å². The molecule has 0 amide bonds. The Bertz CT molecular complexity index is 662. The number of nitrogens with zero attached hydrogens (tertiary/aromatic N) is 2. The average molecular weight is 474 g/mol. The van der Waals surface area contributed by atoms with Gasteiger partial charge in [-0.25, -0.2) is 0 Å². The third-order valence-electron chi connectivity index (χ3n) is 5.12. The van der Waals surface area contributed by atoms with Gasteiger partial charge in [-0.1, -0.05) is 0 Å². The summed E-state index contributed by atoms with van der Waals surface area (Å²) in [6.07, 6.45) is 4.10. The monoisotopic (exact) mass is 475 g/mol. The number of fused-ring (bicyclic) bond motifs is 1. The van der Waals surface area contributed by atoms with Gasteiger partial charge in [-0.15, -0.1) is 0 Å². The summed E-state index contributed by atoms with van der Waals surface area (Å²) in [4.78, 5) is 16.0. The van der Waals surface area contributed by atoms with Crippen molar-refractivity contribution in [2.45, 2.75) is 72.9 Å². The van der Waals surface area contributed by atoms with E-state index >= 15 is 0 Å². The second-order valence-electron chi connectivity index (χ2n) is 7.07. The maximum atomic E-state index is 12.3. The molecule has 2 aliphatic rings. The van der Waals surface area contributed by atoms with Gasteiger partial charge in [0.25, 0.3) is 0 Å². The van der Waals surface area contributed by atoms with Gasteiger partial charge in [-0.2, -0.15) is 0 Å². The zero-order chi connectivity index (χ0) is 18.7. The molecule has 0 aromatic carbocycles. The van der Waals surface area contributed by atoms with Crippen LogP contribution in [-0.4, -0.2) is 58.8 Å². The van der Waals surface area contributed by atoms with Gasteiger partial charge < -0.3 is 0 Å². The maximum absolute atomic E-state index is 12.3. The van der Waals surface area contributed by atoms with Gasteiger partial charge in [-0.05, 0) is 0 Å². The van der Waals surface area contributed by atoms with E-state index in [4.69, 9.17) is 16.6 Å². The molecule has 0 bridgehead atoms. The summed E-state index contributed by atoms with van der Waals surface area (Å²) in [5.74, 6) is 0.169. The molecule has 3 heterocycles. The van der Waals surface area contributed by atoms with E-state index in [1.807, 2.05) is 0 Å². The summed E-state index contributed by atoms with van der Waals surface area (Å²) in [6.45, 7) is 4.16. The van der Waals surface area contributed by atoms with Crippen LogP contribution < -0.4 is 11.4 Å². The molecule has 2 saturated heterocycles. The number of hydrogen-bond acceptors (Lipinski definition) is 7. The summed E-state index contributed by atoms with van der Waals surface area (Å²) >= 11 is -3.26. The summed E-state index contributed by atoms with van der Waals surface area (Å²) in [7, 11) is 0. The molecule has 2 aliphatic heterocycles.